The molecule has 0 bridgehead atoms. The Kier molecular flexibility index (Phi) is 7.96. The van der Waals surface area contributed by atoms with Gasteiger partial charge in [-0.25, -0.2) is 0 Å². The highest BCUT2D eigenvalue weighted by atomic mass is 35.5. The van der Waals surface area contributed by atoms with E-state index >= 15 is 0 Å². The Hall–Kier alpha value is -1.01. The molecule has 1 atom stereocenters. The van der Waals surface area contributed by atoms with Gasteiger partial charge in [0.2, 0.25) is 5.91 Å². The first kappa shape index (κ1) is 19.0. The maximum Gasteiger partial charge on any atom is 0.234 e. The minimum atomic E-state index is -0.733. The van der Waals surface area contributed by atoms with Crippen LogP contribution in [-0.2, 0) is 4.79 Å². The van der Waals surface area contributed by atoms with Crippen LogP contribution in [0, 0.1) is 0 Å². The van der Waals surface area contributed by atoms with Crippen molar-refractivity contribution in [3.8, 4) is 5.75 Å². The zero-order chi connectivity index (χ0) is 16.7. The lowest BCUT2D eigenvalue weighted by Gasteiger charge is -2.21. The van der Waals surface area contributed by atoms with Gasteiger partial charge in [-0.1, -0.05) is 23.2 Å². The smallest absolute Gasteiger partial charge is 0.234 e. The largest absolute Gasteiger partial charge is 0.489 e. The summed E-state index contributed by atoms with van der Waals surface area (Å²) in [7, 11) is 1.76. The predicted molar refractivity (Wildman–Crippen MR) is 88.7 cm³/mol. The third-order valence-electron chi connectivity index (χ3n) is 2.71. The number of benzene rings is 1. The van der Waals surface area contributed by atoms with Gasteiger partial charge in [-0.3, -0.25) is 9.69 Å². The average molecular weight is 349 g/mol. The standard InChI is InChI=1S/C15H22Cl2N2O3/c1-10(2)18-15(21)8-19(3)7-12(20)9-22-14-5-4-11(16)6-13(14)17/h4-6,10,12,20H,7-9H2,1-3H3,(H,18,21)/t12-/m0/s1. The van der Waals surface area contributed by atoms with Gasteiger partial charge in [0.15, 0.2) is 0 Å². The molecule has 2 N–H and O–H groups in total. The molecule has 5 nitrogen and oxygen atoms in total. The molecular weight excluding hydrogens is 327 g/mol. The van der Waals surface area contributed by atoms with Crippen molar-refractivity contribution in [2.75, 3.05) is 26.7 Å². The third kappa shape index (κ3) is 7.31. The third-order valence-corrected chi connectivity index (χ3v) is 3.24. The summed E-state index contributed by atoms with van der Waals surface area (Å²) in [4.78, 5) is 13.3. The Morgan fingerprint density at radius 3 is 2.68 bits per heavy atom. The summed E-state index contributed by atoms with van der Waals surface area (Å²) in [6.45, 7) is 4.41. The zero-order valence-corrected chi connectivity index (χ0v) is 14.5. The lowest BCUT2D eigenvalue weighted by molar-refractivity contribution is -0.122. The van der Waals surface area contributed by atoms with Crippen LogP contribution in [0.3, 0.4) is 0 Å². The number of hydrogen-bond acceptors (Lipinski definition) is 4. The highest BCUT2D eigenvalue weighted by Crippen LogP contribution is 2.27. The summed E-state index contributed by atoms with van der Waals surface area (Å²) in [6, 6.07) is 4.99. The second kappa shape index (κ2) is 9.20. The second-order valence-corrected chi connectivity index (χ2v) is 6.30. The van der Waals surface area contributed by atoms with E-state index in [0.29, 0.717) is 22.3 Å². The topological polar surface area (TPSA) is 61.8 Å². The van der Waals surface area contributed by atoms with Crippen LogP contribution in [0.1, 0.15) is 13.8 Å². The molecule has 0 heterocycles. The molecule has 0 saturated carbocycles. The Balaban J connectivity index is 2.36. The number of ether oxygens (including phenoxy) is 1. The van der Waals surface area contributed by atoms with Gasteiger partial charge in [-0.15, -0.1) is 0 Å². The Morgan fingerprint density at radius 1 is 1.41 bits per heavy atom. The first-order valence-corrected chi connectivity index (χ1v) is 7.77. The second-order valence-electron chi connectivity index (χ2n) is 5.46. The van der Waals surface area contributed by atoms with Crippen molar-refractivity contribution in [1.29, 1.82) is 0 Å². The van der Waals surface area contributed by atoms with Crippen molar-refractivity contribution in [2.45, 2.75) is 26.0 Å². The van der Waals surface area contributed by atoms with Gasteiger partial charge in [0, 0.05) is 17.6 Å². The van der Waals surface area contributed by atoms with Gasteiger partial charge in [0.05, 0.1) is 11.6 Å². The van der Waals surface area contributed by atoms with Crippen molar-refractivity contribution in [2.24, 2.45) is 0 Å². The normalized spacial score (nSPS) is 12.5. The quantitative estimate of drug-likeness (QED) is 0.755. The molecule has 0 saturated heterocycles. The molecule has 0 spiro atoms. The average Bonchev–Trinajstić information content (AvgIpc) is 2.36. The van der Waals surface area contributed by atoms with E-state index in [4.69, 9.17) is 27.9 Å². The Bertz CT molecular complexity index is 498. The molecule has 124 valence electrons. The Labute approximate surface area is 141 Å². The number of carbonyl (C=O) groups excluding carboxylic acids is 1. The summed E-state index contributed by atoms with van der Waals surface area (Å²) >= 11 is 11.8. The molecule has 0 radical (unpaired) electrons. The predicted octanol–water partition coefficient (Wildman–Crippen LogP) is 2.19. The van der Waals surface area contributed by atoms with E-state index in [2.05, 4.69) is 5.32 Å². The fourth-order valence-corrected chi connectivity index (χ4v) is 2.33. The number of amides is 1. The molecular formula is C15H22Cl2N2O3. The maximum atomic E-state index is 11.6. The molecule has 0 aliphatic carbocycles. The SMILES string of the molecule is CC(C)NC(=O)CN(C)C[C@H](O)COc1ccc(Cl)cc1Cl. The number of aliphatic hydroxyl groups excluding tert-OH is 1. The molecule has 22 heavy (non-hydrogen) atoms. The van der Waals surface area contributed by atoms with Crippen LogP contribution in [-0.4, -0.2) is 54.8 Å². The minimum absolute atomic E-state index is 0.0774. The van der Waals surface area contributed by atoms with E-state index in [0.717, 1.165) is 0 Å². The van der Waals surface area contributed by atoms with E-state index in [9.17, 15) is 9.90 Å². The van der Waals surface area contributed by atoms with Crippen molar-refractivity contribution in [1.82, 2.24) is 10.2 Å². The van der Waals surface area contributed by atoms with Crippen LogP contribution >= 0.6 is 23.2 Å². The summed E-state index contributed by atoms with van der Waals surface area (Å²) in [5, 5.41) is 13.7. The molecule has 1 amide bonds. The zero-order valence-electron chi connectivity index (χ0n) is 13.0. The first-order valence-electron chi connectivity index (χ1n) is 7.01. The minimum Gasteiger partial charge on any atom is -0.489 e. The summed E-state index contributed by atoms with van der Waals surface area (Å²) < 4.78 is 5.46. The molecule has 1 rings (SSSR count). The molecule has 0 unspecified atom stereocenters. The van der Waals surface area contributed by atoms with E-state index in [1.807, 2.05) is 13.8 Å². The van der Waals surface area contributed by atoms with Crippen molar-refractivity contribution < 1.29 is 14.6 Å². The van der Waals surface area contributed by atoms with Gasteiger partial charge >= 0.3 is 0 Å². The van der Waals surface area contributed by atoms with Gasteiger partial charge < -0.3 is 15.2 Å². The molecule has 7 heteroatoms. The molecule has 1 aromatic rings. The number of nitrogens with one attached hydrogen (secondary N) is 1. The number of carbonyl (C=O) groups is 1. The van der Waals surface area contributed by atoms with E-state index < -0.39 is 6.10 Å². The van der Waals surface area contributed by atoms with Crippen LogP contribution in [0.5, 0.6) is 5.75 Å². The lowest BCUT2D eigenvalue weighted by atomic mass is 10.3. The van der Waals surface area contributed by atoms with E-state index in [1.165, 1.54) is 0 Å². The van der Waals surface area contributed by atoms with Crippen LogP contribution in [0.15, 0.2) is 18.2 Å². The number of halogens is 2. The molecule has 1 aromatic carbocycles. The van der Waals surface area contributed by atoms with Crippen molar-refractivity contribution in [3.05, 3.63) is 28.2 Å². The molecule has 0 aromatic heterocycles. The number of aliphatic hydroxyl groups is 1. The fourth-order valence-electron chi connectivity index (χ4n) is 1.87. The lowest BCUT2D eigenvalue weighted by Crippen LogP contribution is -2.42. The summed E-state index contributed by atoms with van der Waals surface area (Å²) in [5.41, 5.74) is 0. The molecule has 0 aliphatic rings. The monoisotopic (exact) mass is 348 g/mol. The van der Waals surface area contributed by atoms with E-state index in [-0.39, 0.29) is 25.1 Å². The summed E-state index contributed by atoms with van der Waals surface area (Å²) in [5.74, 6) is 0.386. The van der Waals surface area contributed by atoms with Gasteiger partial charge in [-0.05, 0) is 39.1 Å². The maximum absolute atomic E-state index is 11.6. The highest BCUT2D eigenvalue weighted by Gasteiger charge is 2.13. The number of likely N-dealkylation sites (N-methyl/N-ethyl adjacent to an activating group) is 1. The highest BCUT2D eigenvalue weighted by molar-refractivity contribution is 6.35. The van der Waals surface area contributed by atoms with Crippen LogP contribution in [0.4, 0.5) is 0 Å². The van der Waals surface area contributed by atoms with Crippen molar-refractivity contribution >= 4 is 29.1 Å². The number of rotatable bonds is 8. The molecule has 0 aliphatic heterocycles. The van der Waals surface area contributed by atoms with Gasteiger partial charge in [-0.2, -0.15) is 0 Å². The van der Waals surface area contributed by atoms with Crippen LogP contribution in [0.25, 0.3) is 0 Å². The summed E-state index contributed by atoms with van der Waals surface area (Å²) in [6.07, 6.45) is -0.733. The van der Waals surface area contributed by atoms with E-state index in [1.54, 1.807) is 30.1 Å². The Morgan fingerprint density at radius 2 is 2.09 bits per heavy atom. The van der Waals surface area contributed by atoms with Crippen molar-refractivity contribution in [3.63, 3.8) is 0 Å². The first-order chi connectivity index (χ1) is 10.3. The number of nitrogens with zero attached hydrogens (tertiary/aromatic N) is 1. The van der Waals surface area contributed by atoms with Crippen LogP contribution < -0.4 is 10.1 Å². The number of hydrogen-bond donors (Lipinski definition) is 2. The van der Waals surface area contributed by atoms with Gasteiger partial charge in [0.25, 0.3) is 0 Å². The van der Waals surface area contributed by atoms with Crippen LogP contribution in [0.2, 0.25) is 10.0 Å². The molecule has 0 fully saturated rings. The van der Waals surface area contributed by atoms with Gasteiger partial charge in [0.1, 0.15) is 18.5 Å². The fraction of sp³-hybridized carbons (Fsp3) is 0.533.